The molecule has 2 aromatic rings. The van der Waals surface area contributed by atoms with E-state index in [9.17, 15) is 10.1 Å². The quantitative estimate of drug-likeness (QED) is 0.870. The van der Waals surface area contributed by atoms with Crippen LogP contribution in [0, 0.1) is 18.3 Å². The van der Waals surface area contributed by atoms with Crippen LogP contribution in [-0.2, 0) is 0 Å². The van der Waals surface area contributed by atoms with Gasteiger partial charge in [-0.1, -0.05) is 6.07 Å². The zero-order valence-corrected chi connectivity index (χ0v) is 15.3. The number of hydrogen-bond acceptors (Lipinski definition) is 8. The Bertz CT molecular complexity index is 1030. The number of ether oxygens (including phenoxy) is 4. The lowest BCUT2D eigenvalue weighted by Gasteiger charge is -2.27. The third-order valence-corrected chi connectivity index (χ3v) is 4.30. The smallest absolute Gasteiger partial charge is 0.343 e. The van der Waals surface area contributed by atoms with E-state index < -0.39 is 11.5 Å². The first-order valence-corrected chi connectivity index (χ1v) is 7.97. The van der Waals surface area contributed by atoms with Crippen molar-refractivity contribution in [3.8, 4) is 29.1 Å². The topological polar surface area (TPSA) is 117 Å². The van der Waals surface area contributed by atoms with Gasteiger partial charge in [0.25, 0.3) is 0 Å². The molecule has 0 amide bonds. The molecule has 27 heavy (non-hydrogen) atoms. The maximum Gasteiger partial charge on any atom is 0.343 e. The van der Waals surface area contributed by atoms with Crippen LogP contribution in [0.4, 0.5) is 0 Å². The number of fused-ring (bicyclic) bond motifs is 1. The van der Waals surface area contributed by atoms with Crippen LogP contribution < -0.4 is 30.3 Å². The van der Waals surface area contributed by atoms with E-state index in [4.69, 9.17) is 29.1 Å². The Morgan fingerprint density at radius 1 is 1.15 bits per heavy atom. The van der Waals surface area contributed by atoms with Crippen LogP contribution in [0.25, 0.3) is 0 Å². The normalized spacial score (nSPS) is 15.4. The summed E-state index contributed by atoms with van der Waals surface area (Å²) in [5, 5.41) is 9.66. The van der Waals surface area contributed by atoms with Gasteiger partial charge in [0.1, 0.15) is 23.2 Å². The van der Waals surface area contributed by atoms with E-state index in [0.717, 1.165) is 0 Å². The van der Waals surface area contributed by atoms with E-state index >= 15 is 0 Å². The predicted octanol–water partition coefficient (Wildman–Crippen LogP) is 2.19. The Labute approximate surface area is 155 Å². The lowest BCUT2D eigenvalue weighted by molar-refractivity contribution is 0.320. The van der Waals surface area contributed by atoms with Gasteiger partial charge < -0.3 is 29.1 Å². The van der Waals surface area contributed by atoms with Crippen molar-refractivity contribution in [3.63, 3.8) is 0 Å². The van der Waals surface area contributed by atoms with Gasteiger partial charge in [-0.3, -0.25) is 0 Å². The lowest BCUT2D eigenvalue weighted by atomic mass is 9.83. The molecule has 8 heteroatoms. The summed E-state index contributed by atoms with van der Waals surface area (Å²) in [4.78, 5) is 12.6. The summed E-state index contributed by atoms with van der Waals surface area (Å²) < 4.78 is 26.9. The zero-order chi connectivity index (χ0) is 19.7. The number of nitriles is 1. The van der Waals surface area contributed by atoms with Gasteiger partial charge in [0, 0.05) is 11.6 Å². The van der Waals surface area contributed by atoms with E-state index in [1.165, 1.54) is 21.3 Å². The summed E-state index contributed by atoms with van der Waals surface area (Å²) in [7, 11) is 4.42. The summed E-state index contributed by atoms with van der Waals surface area (Å²) >= 11 is 0. The summed E-state index contributed by atoms with van der Waals surface area (Å²) in [5.41, 5.74) is 6.07. The summed E-state index contributed by atoms with van der Waals surface area (Å²) in [6, 6.07) is 6.92. The molecule has 1 aromatic heterocycles. The maximum atomic E-state index is 12.6. The molecule has 2 N–H and O–H groups in total. The molecule has 0 radical (unpaired) electrons. The second-order valence-corrected chi connectivity index (χ2v) is 5.77. The number of hydrogen-bond donors (Lipinski definition) is 1. The Kier molecular flexibility index (Phi) is 4.69. The maximum absolute atomic E-state index is 12.6. The first-order chi connectivity index (χ1) is 13.0. The molecule has 0 aliphatic carbocycles. The van der Waals surface area contributed by atoms with Gasteiger partial charge in [-0.25, -0.2) is 4.79 Å². The molecular formula is C19H18N2O6. The highest BCUT2D eigenvalue weighted by molar-refractivity contribution is 5.63. The van der Waals surface area contributed by atoms with Gasteiger partial charge in [0.2, 0.25) is 11.6 Å². The molecule has 0 saturated heterocycles. The number of benzene rings is 1. The fourth-order valence-corrected chi connectivity index (χ4v) is 3.18. The number of aryl methyl sites for hydroxylation is 1. The van der Waals surface area contributed by atoms with Crippen LogP contribution in [-0.4, -0.2) is 21.3 Å². The number of nitrogens with zero attached hydrogens (tertiary/aromatic N) is 1. The van der Waals surface area contributed by atoms with Crippen LogP contribution in [0.2, 0.25) is 0 Å². The Balaban J connectivity index is 2.37. The second kappa shape index (κ2) is 6.96. The molecule has 0 fully saturated rings. The number of rotatable bonds is 4. The average Bonchev–Trinajstić information content (AvgIpc) is 2.65. The number of methoxy groups -OCH3 is 3. The first kappa shape index (κ1) is 18.2. The molecule has 8 nitrogen and oxygen atoms in total. The van der Waals surface area contributed by atoms with Gasteiger partial charge in [-0.2, -0.15) is 5.26 Å². The Morgan fingerprint density at radius 3 is 2.44 bits per heavy atom. The molecule has 1 unspecified atom stereocenters. The molecule has 0 spiro atoms. The Morgan fingerprint density at radius 2 is 1.85 bits per heavy atom. The third-order valence-electron chi connectivity index (χ3n) is 4.30. The molecule has 1 aliphatic rings. The van der Waals surface area contributed by atoms with Gasteiger partial charge in [-0.15, -0.1) is 0 Å². The summed E-state index contributed by atoms with van der Waals surface area (Å²) in [5.74, 6) is 0.763. The van der Waals surface area contributed by atoms with Crippen LogP contribution >= 0.6 is 0 Å². The minimum atomic E-state index is -0.842. The van der Waals surface area contributed by atoms with Crippen LogP contribution in [0.1, 0.15) is 22.8 Å². The zero-order valence-electron chi connectivity index (χ0n) is 15.3. The third kappa shape index (κ3) is 2.83. The average molecular weight is 370 g/mol. The van der Waals surface area contributed by atoms with E-state index in [2.05, 4.69) is 0 Å². The van der Waals surface area contributed by atoms with E-state index in [1.807, 2.05) is 6.07 Å². The summed E-state index contributed by atoms with van der Waals surface area (Å²) in [6.45, 7) is 1.62. The van der Waals surface area contributed by atoms with Crippen molar-refractivity contribution >= 4 is 0 Å². The highest BCUT2D eigenvalue weighted by Gasteiger charge is 2.37. The van der Waals surface area contributed by atoms with Crippen molar-refractivity contribution in [2.75, 3.05) is 21.3 Å². The van der Waals surface area contributed by atoms with Crippen molar-refractivity contribution in [3.05, 3.63) is 57.0 Å². The van der Waals surface area contributed by atoms with E-state index in [1.54, 1.807) is 25.1 Å². The standard InChI is InChI=1S/C19H18N2O6/c1-9-7-13-15(19(22)26-9)14(11(8-20)18(21)27-13)10-5-6-12(23-2)17(25-4)16(10)24-3/h5-7,14H,21H2,1-4H3. The molecule has 0 saturated carbocycles. The largest absolute Gasteiger partial charge is 0.493 e. The van der Waals surface area contributed by atoms with Crippen molar-refractivity contribution in [1.29, 1.82) is 5.26 Å². The molecule has 2 heterocycles. The molecule has 1 aliphatic heterocycles. The number of allylic oxidation sites excluding steroid dienone is 1. The van der Waals surface area contributed by atoms with Gasteiger partial charge in [-0.05, 0) is 13.0 Å². The fraction of sp³-hybridized carbons (Fsp3) is 0.263. The Hall–Kier alpha value is -3.60. The number of nitrogens with two attached hydrogens (primary N) is 1. The van der Waals surface area contributed by atoms with Crippen LogP contribution in [0.5, 0.6) is 23.0 Å². The van der Waals surface area contributed by atoms with Crippen molar-refractivity contribution in [2.45, 2.75) is 12.8 Å². The first-order valence-electron chi connectivity index (χ1n) is 7.97. The minimum Gasteiger partial charge on any atom is -0.493 e. The molecule has 1 aromatic carbocycles. The van der Waals surface area contributed by atoms with Crippen molar-refractivity contribution in [2.24, 2.45) is 5.73 Å². The SMILES string of the molecule is COc1ccc(C2C(C#N)=C(N)Oc3cc(C)oc(=O)c32)c(OC)c1OC. The molecular weight excluding hydrogens is 352 g/mol. The summed E-state index contributed by atoms with van der Waals surface area (Å²) in [6.07, 6.45) is 0. The van der Waals surface area contributed by atoms with Crippen LogP contribution in [0.3, 0.4) is 0 Å². The predicted molar refractivity (Wildman–Crippen MR) is 95.1 cm³/mol. The monoisotopic (exact) mass is 370 g/mol. The molecule has 3 rings (SSSR count). The fourth-order valence-electron chi connectivity index (χ4n) is 3.18. The second-order valence-electron chi connectivity index (χ2n) is 5.77. The van der Waals surface area contributed by atoms with E-state index in [0.29, 0.717) is 28.6 Å². The minimum absolute atomic E-state index is 0.0733. The van der Waals surface area contributed by atoms with E-state index in [-0.39, 0.29) is 22.8 Å². The highest BCUT2D eigenvalue weighted by Crippen LogP contribution is 2.48. The van der Waals surface area contributed by atoms with Gasteiger partial charge in [0.05, 0.1) is 32.8 Å². The van der Waals surface area contributed by atoms with Crippen LogP contribution in [0.15, 0.2) is 38.9 Å². The lowest BCUT2D eigenvalue weighted by Crippen LogP contribution is -2.26. The molecule has 1 atom stereocenters. The molecule has 140 valence electrons. The van der Waals surface area contributed by atoms with Gasteiger partial charge in [0.15, 0.2) is 11.5 Å². The van der Waals surface area contributed by atoms with Crippen molar-refractivity contribution < 1.29 is 23.4 Å². The highest BCUT2D eigenvalue weighted by atomic mass is 16.5. The molecule has 0 bridgehead atoms. The van der Waals surface area contributed by atoms with Crippen molar-refractivity contribution in [1.82, 2.24) is 0 Å². The van der Waals surface area contributed by atoms with Gasteiger partial charge >= 0.3 is 5.63 Å².